The summed E-state index contributed by atoms with van der Waals surface area (Å²) in [7, 11) is 0. The molecule has 0 bridgehead atoms. The van der Waals surface area contributed by atoms with E-state index in [9.17, 15) is 0 Å². The molecule has 104 valence electrons. The number of benzene rings is 2. The molecule has 4 rings (SSSR count). The summed E-state index contributed by atoms with van der Waals surface area (Å²) < 4.78 is 4.78. The average Bonchev–Trinajstić information content (AvgIpc) is 2.96. The van der Waals surface area contributed by atoms with Crippen LogP contribution in [0.15, 0.2) is 72.0 Å². The van der Waals surface area contributed by atoms with Gasteiger partial charge >= 0.3 is 5.16 Å². The monoisotopic (exact) mass is 293 g/mol. The maximum atomic E-state index is 2.39. The van der Waals surface area contributed by atoms with Crippen LogP contribution in [-0.2, 0) is 6.54 Å². The van der Waals surface area contributed by atoms with Gasteiger partial charge in [0.05, 0.1) is 6.54 Å². The molecule has 3 aromatic rings. The van der Waals surface area contributed by atoms with Crippen molar-refractivity contribution in [2.45, 2.75) is 18.1 Å². The Morgan fingerprint density at radius 2 is 1.62 bits per heavy atom. The summed E-state index contributed by atoms with van der Waals surface area (Å²) in [6, 6.07) is 21.3. The lowest BCUT2D eigenvalue weighted by molar-refractivity contribution is -0.734. The van der Waals surface area contributed by atoms with Crippen molar-refractivity contribution in [2.75, 3.05) is 5.75 Å². The first-order valence-corrected chi connectivity index (χ1v) is 8.31. The number of hydrogen-bond donors (Lipinski definition) is 0. The van der Waals surface area contributed by atoms with E-state index >= 15 is 0 Å². The molecule has 0 radical (unpaired) electrons. The first kappa shape index (κ1) is 12.7. The number of para-hydroxylation sites is 1. The molecule has 0 atom stereocenters. The van der Waals surface area contributed by atoms with Crippen molar-refractivity contribution in [2.24, 2.45) is 0 Å². The molecule has 21 heavy (non-hydrogen) atoms. The standard InChI is InChI=1S/C18H17N2S/c1-3-8-15(9-4-1)17-14-19-12-7-13-21-18(19)20(17)16-10-5-2-6-11-16/h1-6,8-11,14H,7,12-13H2/q+1. The zero-order valence-electron chi connectivity index (χ0n) is 11.8. The fraction of sp³-hybridized carbons (Fsp3) is 0.167. The Bertz CT molecular complexity index is 748. The van der Waals surface area contributed by atoms with Crippen LogP contribution in [0.2, 0.25) is 0 Å². The van der Waals surface area contributed by atoms with E-state index in [-0.39, 0.29) is 0 Å². The Labute approximate surface area is 129 Å². The van der Waals surface area contributed by atoms with E-state index in [1.807, 2.05) is 11.8 Å². The van der Waals surface area contributed by atoms with Gasteiger partial charge in [0.25, 0.3) is 0 Å². The molecule has 0 saturated carbocycles. The zero-order chi connectivity index (χ0) is 14.1. The number of aromatic nitrogens is 2. The molecular weight excluding hydrogens is 276 g/mol. The third kappa shape index (κ3) is 2.28. The highest BCUT2D eigenvalue weighted by atomic mass is 32.2. The van der Waals surface area contributed by atoms with Gasteiger partial charge in [-0.25, -0.2) is 4.57 Å². The van der Waals surface area contributed by atoms with E-state index < -0.39 is 0 Å². The molecule has 1 aliphatic rings. The first-order chi connectivity index (χ1) is 10.4. The van der Waals surface area contributed by atoms with Crippen molar-refractivity contribution < 1.29 is 4.57 Å². The Hall–Kier alpha value is -2.00. The zero-order valence-corrected chi connectivity index (χ0v) is 12.6. The maximum Gasteiger partial charge on any atom is 0.323 e. The van der Waals surface area contributed by atoms with Crippen molar-refractivity contribution in [3.05, 3.63) is 66.9 Å². The summed E-state index contributed by atoms with van der Waals surface area (Å²) in [6.07, 6.45) is 3.54. The highest BCUT2D eigenvalue weighted by Gasteiger charge is 2.28. The van der Waals surface area contributed by atoms with Crippen LogP contribution in [-0.4, -0.2) is 10.3 Å². The third-order valence-corrected chi connectivity index (χ3v) is 4.98. The van der Waals surface area contributed by atoms with Crippen molar-refractivity contribution in [1.82, 2.24) is 4.57 Å². The average molecular weight is 293 g/mol. The number of imidazole rings is 1. The van der Waals surface area contributed by atoms with Crippen LogP contribution in [0.4, 0.5) is 0 Å². The van der Waals surface area contributed by atoms with E-state index in [0.717, 1.165) is 6.54 Å². The number of nitrogens with zero attached hydrogens (tertiary/aromatic N) is 2. The van der Waals surface area contributed by atoms with Crippen LogP contribution in [0, 0.1) is 0 Å². The van der Waals surface area contributed by atoms with Gasteiger partial charge in [0, 0.05) is 11.3 Å². The lowest BCUT2D eigenvalue weighted by Crippen LogP contribution is -2.37. The van der Waals surface area contributed by atoms with Crippen LogP contribution in [0.1, 0.15) is 6.42 Å². The fourth-order valence-corrected chi connectivity index (χ4v) is 3.94. The molecule has 0 spiro atoms. The van der Waals surface area contributed by atoms with Crippen molar-refractivity contribution >= 4 is 11.8 Å². The number of fused-ring (bicyclic) bond motifs is 1. The van der Waals surface area contributed by atoms with E-state index in [4.69, 9.17) is 0 Å². The SMILES string of the molecule is c1ccc(-c2c[n+]3c(n2-c2ccccc2)SCCC3)cc1. The van der Waals surface area contributed by atoms with Crippen molar-refractivity contribution in [3.63, 3.8) is 0 Å². The van der Waals surface area contributed by atoms with E-state index in [1.165, 1.54) is 34.3 Å². The molecule has 2 aromatic carbocycles. The van der Waals surface area contributed by atoms with Gasteiger partial charge in [-0.2, -0.15) is 4.57 Å². The number of rotatable bonds is 2. The molecule has 2 heterocycles. The molecular formula is C18H17N2S+. The largest absolute Gasteiger partial charge is 0.323 e. The lowest BCUT2D eigenvalue weighted by Gasteiger charge is -2.09. The summed E-state index contributed by atoms with van der Waals surface area (Å²) in [5.41, 5.74) is 3.77. The Morgan fingerprint density at radius 1 is 0.905 bits per heavy atom. The van der Waals surface area contributed by atoms with Crippen LogP contribution in [0.5, 0.6) is 0 Å². The molecule has 0 fully saturated rings. The minimum Gasteiger partial charge on any atom is -0.224 e. The summed E-state index contributed by atoms with van der Waals surface area (Å²) >= 11 is 1.95. The van der Waals surface area contributed by atoms with Gasteiger partial charge in [-0.15, -0.1) is 0 Å². The van der Waals surface area contributed by atoms with Gasteiger partial charge in [0.15, 0.2) is 5.69 Å². The van der Waals surface area contributed by atoms with Crippen LogP contribution in [0.3, 0.4) is 0 Å². The lowest BCUT2D eigenvalue weighted by atomic mass is 10.1. The molecule has 1 aromatic heterocycles. The van der Waals surface area contributed by atoms with E-state index in [2.05, 4.69) is 76.0 Å². The Balaban J connectivity index is 1.96. The number of thioether (sulfide) groups is 1. The third-order valence-electron chi connectivity index (χ3n) is 3.81. The van der Waals surface area contributed by atoms with Crippen LogP contribution >= 0.6 is 11.8 Å². The molecule has 3 heteroatoms. The van der Waals surface area contributed by atoms with E-state index in [0.29, 0.717) is 0 Å². The number of hydrogen-bond acceptors (Lipinski definition) is 1. The van der Waals surface area contributed by atoms with Crippen LogP contribution in [0.25, 0.3) is 16.9 Å². The van der Waals surface area contributed by atoms with Crippen LogP contribution < -0.4 is 4.57 Å². The second-order valence-corrected chi connectivity index (χ2v) is 6.29. The predicted octanol–water partition coefficient (Wildman–Crippen LogP) is 3.93. The molecule has 0 saturated heterocycles. The Morgan fingerprint density at radius 3 is 2.38 bits per heavy atom. The summed E-state index contributed by atoms with van der Waals surface area (Å²) in [6.45, 7) is 1.11. The predicted molar refractivity (Wildman–Crippen MR) is 86.7 cm³/mol. The Kier molecular flexibility index (Phi) is 3.28. The van der Waals surface area contributed by atoms with Gasteiger partial charge in [-0.3, -0.25) is 0 Å². The highest BCUT2D eigenvalue weighted by molar-refractivity contribution is 7.99. The summed E-state index contributed by atoms with van der Waals surface area (Å²) in [5, 5.41) is 1.34. The minimum atomic E-state index is 1.11. The van der Waals surface area contributed by atoms with Gasteiger partial charge in [0.1, 0.15) is 11.9 Å². The molecule has 0 unspecified atom stereocenters. The maximum absolute atomic E-state index is 2.39. The van der Waals surface area contributed by atoms with Crippen molar-refractivity contribution in [3.8, 4) is 16.9 Å². The molecule has 1 aliphatic heterocycles. The highest BCUT2D eigenvalue weighted by Crippen LogP contribution is 2.30. The first-order valence-electron chi connectivity index (χ1n) is 7.32. The normalized spacial score (nSPS) is 13.9. The second kappa shape index (κ2) is 5.41. The van der Waals surface area contributed by atoms with Gasteiger partial charge < -0.3 is 0 Å². The van der Waals surface area contributed by atoms with Crippen molar-refractivity contribution in [1.29, 1.82) is 0 Å². The summed E-state index contributed by atoms with van der Waals surface area (Å²) in [4.78, 5) is 0. The topological polar surface area (TPSA) is 8.81 Å². The smallest absolute Gasteiger partial charge is 0.224 e. The molecule has 0 amide bonds. The summed E-state index contributed by atoms with van der Waals surface area (Å²) in [5.74, 6) is 1.20. The fourth-order valence-electron chi connectivity index (χ4n) is 2.84. The molecule has 2 nitrogen and oxygen atoms in total. The minimum absolute atomic E-state index is 1.11. The number of aryl methyl sites for hydroxylation is 1. The molecule has 0 N–H and O–H groups in total. The molecule has 0 aliphatic carbocycles. The van der Waals surface area contributed by atoms with Gasteiger partial charge in [0.2, 0.25) is 0 Å². The second-order valence-electron chi connectivity index (χ2n) is 5.23. The van der Waals surface area contributed by atoms with Gasteiger partial charge in [-0.1, -0.05) is 48.5 Å². The van der Waals surface area contributed by atoms with E-state index in [1.54, 1.807) is 0 Å². The van der Waals surface area contributed by atoms with Gasteiger partial charge in [-0.05, 0) is 30.3 Å². The quantitative estimate of drug-likeness (QED) is 0.650.